The molecule has 2 amide bonds. The van der Waals surface area contributed by atoms with Crippen LogP contribution in [0, 0.1) is 18.6 Å². The van der Waals surface area contributed by atoms with Gasteiger partial charge >= 0.3 is 5.97 Å². The molecule has 0 spiro atoms. The molecule has 1 atom stereocenters. The molecule has 10 nitrogen and oxygen atoms in total. The van der Waals surface area contributed by atoms with Crippen LogP contribution in [0.15, 0.2) is 66.9 Å². The fraction of sp³-hybridized carbons (Fsp3) is 0.176. The SMILES string of the molecule is Cc1c(C(=O)O)ccc2c1CC[C@@H]2NC(=O)c1cc(C(=O)NCc2ccc(F)c(F)c2)nc2c(C(=O)Cc3ccccc3Cl)cnn12. The Bertz CT molecular complexity index is 2110. The van der Waals surface area contributed by atoms with E-state index in [4.69, 9.17) is 11.6 Å². The number of nitrogens with zero attached hydrogens (tertiary/aromatic N) is 3. The van der Waals surface area contributed by atoms with Crippen LogP contribution in [-0.4, -0.2) is 43.3 Å². The number of Topliss-reactive ketones (excluding diaryl/α,β-unsaturated/α-hetero) is 1. The summed E-state index contributed by atoms with van der Waals surface area (Å²) in [6.07, 6.45) is 2.25. The van der Waals surface area contributed by atoms with Gasteiger partial charge in [-0.3, -0.25) is 14.4 Å². The second-order valence-electron chi connectivity index (χ2n) is 11.1. The van der Waals surface area contributed by atoms with Crippen molar-refractivity contribution < 1.29 is 33.1 Å². The third-order valence-corrected chi connectivity index (χ3v) is 8.58. The number of carboxylic acid groups (broad SMARTS) is 1. The second-order valence-corrected chi connectivity index (χ2v) is 11.5. The minimum absolute atomic E-state index is 0.0403. The van der Waals surface area contributed by atoms with Crippen molar-refractivity contribution in [1.29, 1.82) is 0 Å². The van der Waals surface area contributed by atoms with Gasteiger partial charge in [-0.05, 0) is 71.8 Å². The number of aromatic nitrogens is 3. The van der Waals surface area contributed by atoms with E-state index < -0.39 is 41.2 Å². The van der Waals surface area contributed by atoms with Gasteiger partial charge < -0.3 is 15.7 Å². The molecule has 5 aromatic rings. The minimum Gasteiger partial charge on any atom is -0.478 e. The molecule has 13 heteroatoms. The Labute approximate surface area is 271 Å². The maximum atomic E-state index is 13.8. The summed E-state index contributed by atoms with van der Waals surface area (Å²) in [6.45, 7) is 1.56. The lowest BCUT2D eigenvalue weighted by molar-refractivity contribution is 0.0695. The monoisotopic (exact) mass is 657 g/mol. The first-order valence-electron chi connectivity index (χ1n) is 14.6. The lowest BCUT2D eigenvalue weighted by Gasteiger charge is -2.16. The highest BCUT2D eigenvalue weighted by Crippen LogP contribution is 2.35. The quantitative estimate of drug-likeness (QED) is 0.179. The van der Waals surface area contributed by atoms with E-state index in [1.54, 1.807) is 37.3 Å². The van der Waals surface area contributed by atoms with Crippen LogP contribution in [0.1, 0.15) is 82.0 Å². The minimum atomic E-state index is -1.07. The van der Waals surface area contributed by atoms with Gasteiger partial charge in [-0.1, -0.05) is 41.9 Å². The zero-order valence-electron chi connectivity index (χ0n) is 24.8. The van der Waals surface area contributed by atoms with Crippen LogP contribution >= 0.6 is 11.6 Å². The summed E-state index contributed by atoms with van der Waals surface area (Å²) in [5.41, 5.74) is 3.02. The van der Waals surface area contributed by atoms with Crippen LogP contribution in [0.2, 0.25) is 5.02 Å². The summed E-state index contributed by atoms with van der Waals surface area (Å²) in [4.78, 5) is 56.6. The van der Waals surface area contributed by atoms with E-state index in [0.717, 1.165) is 23.3 Å². The summed E-state index contributed by atoms with van der Waals surface area (Å²) >= 11 is 6.27. The smallest absolute Gasteiger partial charge is 0.335 e. The molecule has 47 heavy (non-hydrogen) atoms. The topological polar surface area (TPSA) is 143 Å². The number of carbonyl (C=O) groups is 4. The van der Waals surface area contributed by atoms with Crippen molar-refractivity contribution in [3.8, 4) is 0 Å². The highest BCUT2D eigenvalue weighted by atomic mass is 35.5. The molecule has 6 rings (SSSR count). The number of hydrogen-bond acceptors (Lipinski definition) is 6. The van der Waals surface area contributed by atoms with Crippen molar-refractivity contribution in [3.63, 3.8) is 0 Å². The van der Waals surface area contributed by atoms with Crippen LogP contribution in [0.3, 0.4) is 0 Å². The molecule has 2 aromatic heterocycles. The standard InChI is InChI=1S/C34H26ClF2N5O5/c1-17-20-9-11-27(22(20)8-7-21(17)34(46)47)41-33(45)29-14-28(32(44)38-15-18-6-10-25(36)26(37)12-18)40-31-23(16-39-42(29)31)30(43)13-19-4-2-3-5-24(19)35/h2-8,10,12,14,16,27H,9,11,13,15H2,1H3,(H,38,44)(H,41,45)(H,46,47)/t27-/m0/s1. The number of aromatic carboxylic acids is 1. The molecule has 0 aliphatic heterocycles. The van der Waals surface area contributed by atoms with Gasteiger partial charge in [-0.2, -0.15) is 5.10 Å². The molecule has 2 heterocycles. The van der Waals surface area contributed by atoms with Gasteiger partial charge in [0, 0.05) is 24.1 Å². The highest BCUT2D eigenvalue weighted by molar-refractivity contribution is 6.31. The molecule has 0 unspecified atom stereocenters. The molecule has 0 saturated heterocycles. The van der Waals surface area contributed by atoms with Crippen LogP contribution in [0.5, 0.6) is 0 Å². The predicted octanol–water partition coefficient (Wildman–Crippen LogP) is 5.44. The average Bonchev–Trinajstić information content (AvgIpc) is 3.67. The van der Waals surface area contributed by atoms with Gasteiger partial charge in [0.25, 0.3) is 11.8 Å². The van der Waals surface area contributed by atoms with Gasteiger partial charge in [0.05, 0.1) is 23.4 Å². The maximum absolute atomic E-state index is 13.8. The van der Waals surface area contributed by atoms with Crippen LogP contribution in [-0.2, 0) is 19.4 Å². The number of rotatable bonds is 9. The molecule has 1 aliphatic rings. The number of fused-ring (bicyclic) bond motifs is 2. The van der Waals surface area contributed by atoms with E-state index >= 15 is 0 Å². The Morgan fingerprint density at radius 2 is 1.79 bits per heavy atom. The number of nitrogens with one attached hydrogen (secondary N) is 2. The number of carbonyl (C=O) groups excluding carboxylic acids is 3. The molecule has 238 valence electrons. The van der Waals surface area contributed by atoms with Gasteiger partial charge in [-0.15, -0.1) is 0 Å². The van der Waals surface area contributed by atoms with Gasteiger partial charge in [0.1, 0.15) is 11.4 Å². The lowest BCUT2D eigenvalue weighted by atomic mass is 9.98. The van der Waals surface area contributed by atoms with Crippen molar-refractivity contribution in [2.45, 2.75) is 38.8 Å². The Morgan fingerprint density at radius 1 is 1.00 bits per heavy atom. The Kier molecular flexibility index (Phi) is 8.52. The molecular weight excluding hydrogens is 632 g/mol. The van der Waals surface area contributed by atoms with E-state index in [-0.39, 0.29) is 46.7 Å². The summed E-state index contributed by atoms with van der Waals surface area (Å²) in [5, 5.41) is 19.7. The van der Waals surface area contributed by atoms with Gasteiger partial charge in [0.15, 0.2) is 23.1 Å². The van der Waals surface area contributed by atoms with Crippen molar-refractivity contribution in [3.05, 3.63) is 134 Å². The maximum Gasteiger partial charge on any atom is 0.335 e. The number of carboxylic acids is 1. The molecule has 3 N–H and O–H groups in total. The van der Waals surface area contributed by atoms with E-state index in [0.29, 0.717) is 29.0 Å². The van der Waals surface area contributed by atoms with Crippen LogP contribution in [0.4, 0.5) is 8.78 Å². The first-order valence-corrected chi connectivity index (χ1v) is 14.9. The number of ketones is 1. The molecule has 3 aromatic carbocycles. The third kappa shape index (κ3) is 6.19. The van der Waals surface area contributed by atoms with E-state index in [1.165, 1.54) is 28.9 Å². The Hall–Kier alpha value is -5.49. The number of benzene rings is 3. The van der Waals surface area contributed by atoms with Gasteiger partial charge in [0.2, 0.25) is 0 Å². The second kappa shape index (κ2) is 12.7. The summed E-state index contributed by atoms with van der Waals surface area (Å²) in [6, 6.07) is 14.0. The van der Waals surface area contributed by atoms with Gasteiger partial charge in [-0.25, -0.2) is 23.1 Å². The fourth-order valence-corrected chi connectivity index (χ4v) is 5.97. The molecule has 0 fully saturated rings. The van der Waals surface area contributed by atoms with Crippen molar-refractivity contribution in [2.75, 3.05) is 0 Å². The average molecular weight is 658 g/mol. The van der Waals surface area contributed by atoms with E-state index in [1.807, 2.05) is 0 Å². The number of halogens is 3. The van der Waals surface area contributed by atoms with Crippen LogP contribution in [0.25, 0.3) is 5.65 Å². The lowest BCUT2D eigenvalue weighted by Crippen LogP contribution is -2.31. The molecule has 1 aliphatic carbocycles. The number of hydrogen-bond donors (Lipinski definition) is 3. The largest absolute Gasteiger partial charge is 0.478 e. The highest BCUT2D eigenvalue weighted by Gasteiger charge is 2.29. The zero-order chi connectivity index (χ0) is 33.4. The normalized spacial score (nSPS) is 13.7. The summed E-state index contributed by atoms with van der Waals surface area (Å²) < 4.78 is 28.3. The van der Waals surface area contributed by atoms with E-state index in [9.17, 15) is 33.1 Å². The molecular formula is C34H26ClF2N5O5. The predicted molar refractivity (Wildman–Crippen MR) is 167 cm³/mol. The molecule has 0 bridgehead atoms. The van der Waals surface area contributed by atoms with Crippen molar-refractivity contribution >= 4 is 40.8 Å². The van der Waals surface area contributed by atoms with Crippen molar-refractivity contribution in [2.24, 2.45) is 0 Å². The Balaban J connectivity index is 1.34. The summed E-state index contributed by atoms with van der Waals surface area (Å²) in [5.74, 6) is -4.89. The summed E-state index contributed by atoms with van der Waals surface area (Å²) in [7, 11) is 0. The molecule has 0 saturated carbocycles. The first-order chi connectivity index (χ1) is 22.5. The Morgan fingerprint density at radius 3 is 2.53 bits per heavy atom. The number of amides is 2. The molecule has 0 radical (unpaired) electrons. The van der Waals surface area contributed by atoms with E-state index in [2.05, 4.69) is 20.7 Å². The fourth-order valence-electron chi connectivity index (χ4n) is 5.76. The zero-order valence-corrected chi connectivity index (χ0v) is 25.6. The first kappa shape index (κ1) is 31.5. The third-order valence-electron chi connectivity index (χ3n) is 8.21. The van der Waals surface area contributed by atoms with Crippen molar-refractivity contribution in [1.82, 2.24) is 25.2 Å². The van der Waals surface area contributed by atoms with Crippen LogP contribution < -0.4 is 10.6 Å².